The molecule has 6 aromatic rings. The number of hydrogen-bond acceptors (Lipinski definition) is 9. The average Bonchev–Trinajstić information content (AvgIpc) is 4.25. The van der Waals surface area contributed by atoms with Gasteiger partial charge in [0.1, 0.15) is 23.7 Å². The second kappa shape index (κ2) is 18.3. The molecule has 380 valence electrons. The summed E-state index contributed by atoms with van der Waals surface area (Å²) in [5, 5.41) is 16.2. The Morgan fingerprint density at radius 3 is 1.57 bits per heavy atom. The lowest BCUT2D eigenvalue weighted by molar-refractivity contribution is -0.150. The molecule has 4 saturated heterocycles. The van der Waals surface area contributed by atoms with E-state index in [0.29, 0.717) is 17.8 Å². The number of carbonyl (C=O) groups is 4. The predicted molar refractivity (Wildman–Crippen MR) is 282 cm³/mol. The van der Waals surface area contributed by atoms with Gasteiger partial charge in [0.25, 0.3) is 0 Å². The number of nitrogens with one attached hydrogen (secondary N) is 4. The lowest BCUT2D eigenvalue weighted by Gasteiger charge is -2.50. The normalized spacial score (nSPS) is 30.0. The zero-order valence-electron chi connectivity index (χ0n) is 41.9. The van der Waals surface area contributed by atoms with E-state index in [-0.39, 0.29) is 60.3 Å². The van der Waals surface area contributed by atoms with Gasteiger partial charge < -0.3 is 45.0 Å². The third-order valence-corrected chi connectivity index (χ3v) is 18.4. The number of alkyl carbamates (subject to hydrolysis) is 2. The van der Waals surface area contributed by atoms with Crippen molar-refractivity contribution in [3.05, 3.63) is 107 Å². The van der Waals surface area contributed by atoms with Crippen LogP contribution in [0.1, 0.15) is 111 Å². The van der Waals surface area contributed by atoms with E-state index in [1.807, 2.05) is 11.0 Å². The molecular formula is C59H62N8O7. The molecule has 2 unspecified atom stereocenters. The van der Waals surface area contributed by atoms with Crippen LogP contribution in [0.2, 0.25) is 0 Å². The number of nitrogens with zero attached hydrogens (tertiary/aromatic N) is 4. The van der Waals surface area contributed by atoms with Gasteiger partial charge in [-0.1, -0.05) is 86.9 Å². The van der Waals surface area contributed by atoms with E-state index < -0.39 is 24.3 Å². The quantitative estimate of drug-likeness (QED) is 0.0985. The van der Waals surface area contributed by atoms with Gasteiger partial charge in [0.15, 0.2) is 0 Å². The minimum atomic E-state index is -0.870. The summed E-state index contributed by atoms with van der Waals surface area (Å²) in [6, 6.07) is 23.9. The van der Waals surface area contributed by atoms with Crippen LogP contribution in [0.15, 0.2) is 72.8 Å². The molecule has 4 aromatic carbocycles. The van der Waals surface area contributed by atoms with Crippen LogP contribution >= 0.6 is 0 Å². The molecule has 6 aliphatic carbocycles. The van der Waals surface area contributed by atoms with E-state index in [4.69, 9.17) is 19.4 Å². The van der Waals surface area contributed by atoms with Crippen molar-refractivity contribution >= 4 is 70.4 Å². The van der Waals surface area contributed by atoms with Gasteiger partial charge in [0.05, 0.1) is 48.4 Å². The number of piperidine rings is 2. The topological polar surface area (TPSA) is 195 Å². The lowest BCUT2D eigenvalue weighted by atomic mass is 9.66. The van der Waals surface area contributed by atoms with Gasteiger partial charge >= 0.3 is 12.2 Å². The van der Waals surface area contributed by atoms with Crippen LogP contribution in [-0.2, 0) is 19.1 Å². The molecule has 12 atom stereocenters. The summed E-state index contributed by atoms with van der Waals surface area (Å²) in [5.74, 6) is 2.07. The summed E-state index contributed by atoms with van der Waals surface area (Å²) in [4.78, 5) is 75.3. The van der Waals surface area contributed by atoms with Crippen molar-refractivity contribution in [2.24, 2.45) is 35.5 Å². The van der Waals surface area contributed by atoms with Gasteiger partial charge in [0, 0.05) is 24.6 Å². The molecule has 10 aliphatic rings. The molecule has 15 nitrogen and oxygen atoms in total. The third-order valence-electron chi connectivity index (χ3n) is 18.4. The first-order valence-electron chi connectivity index (χ1n) is 26.7. The molecular weight excluding hydrogens is 933 g/mol. The maximum atomic E-state index is 14.4. The number of H-pyrrole nitrogens is 2. The second-order valence-electron chi connectivity index (χ2n) is 21.9. The highest BCUT2D eigenvalue weighted by Crippen LogP contribution is 2.55. The summed E-state index contributed by atoms with van der Waals surface area (Å²) in [6.07, 6.45) is 16.0. The van der Waals surface area contributed by atoms with Gasteiger partial charge in [-0.05, 0) is 149 Å². The number of amides is 4. The smallest absolute Gasteiger partial charge is 0.407 e. The first-order valence-corrected chi connectivity index (χ1v) is 26.7. The number of fused-ring (bicyclic) bond motifs is 2. The third kappa shape index (κ3) is 7.54. The number of aromatic nitrogens is 4. The molecule has 6 heterocycles. The average molecular weight is 995 g/mol. The summed E-state index contributed by atoms with van der Waals surface area (Å²) in [5.41, 5.74) is 12.0. The van der Waals surface area contributed by atoms with Crippen molar-refractivity contribution < 1.29 is 33.8 Å². The SMILES string of the molecule is CC[C@@H]1C2CCC[C@H]3C[C@@H](c4nc5ccc(-c6cc7ccc6/C=C\c6ccc(c(-c8ccc9nc([C@@H]%10C[C@@H]%11CCCC%12[C@@H](CO)[C@H](NC(=O)OC)C(=O)N%10[C@@H]%12%11)[nH]c9c8)c6)C=C7)cc5[nH]4)N(C(=O)[C@H]1NC(=O)OC)[C@@H]23. The molecule has 6 fully saturated rings. The molecule has 0 spiro atoms. The van der Waals surface area contributed by atoms with Gasteiger partial charge in [-0.2, -0.15) is 0 Å². The van der Waals surface area contributed by atoms with Crippen LogP contribution in [0.25, 0.3) is 68.6 Å². The van der Waals surface area contributed by atoms with E-state index in [1.165, 1.54) is 14.2 Å². The number of hydrogen-bond donors (Lipinski definition) is 5. The fraction of sp³-hybridized carbons (Fsp3) is 0.424. The zero-order valence-corrected chi connectivity index (χ0v) is 41.9. The Kier molecular flexibility index (Phi) is 11.5. The number of aliphatic hydroxyl groups is 1. The van der Waals surface area contributed by atoms with E-state index in [0.717, 1.165) is 136 Å². The van der Waals surface area contributed by atoms with Crippen molar-refractivity contribution in [1.82, 2.24) is 40.4 Å². The van der Waals surface area contributed by atoms with E-state index >= 15 is 0 Å². The number of aliphatic hydroxyl groups excluding tert-OH is 1. The van der Waals surface area contributed by atoms with Gasteiger partial charge in [-0.15, -0.1) is 0 Å². The Morgan fingerprint density at radius 1 is 0.635 bits per heavy atom. The summed E-state index contributed by atoms with van der Waals surface area (Å²) in [6.45, 7) is 1.94. The van der Waals surface area contributed by atoms with Crippen molar-refractivity contribution in [3.63, 3.8) is 0 Å². The van der Waals surface area contributed by atoms with E-state index in [1.54, 1.807) is 0 Å². The van der Waals surface area contributed by atoms with Gasteiger partial charge in [-0.3, -0.25) is 9.59 Å². The van der Waals surface area contributed by atoms with Crippen molar-refractivity contribution in [3.8, 4) is 22.3 Å². The molecule has 5 N–H and O–H groups in total. The van der Waals surface area contributed by atoms with Crippen LogP contribution in [0.4, 0.5) is 9.59 Å². The molecule has 0 radical (unpaired) electrons. The molecule has 4 bridgehead atoms. The molecule has 4 aliphatic heterocycles. The number of methoxy groups -OCH3 is 2. The maximum Gasteiger partial charge on any atom is 0.407 e. The van der Waals surface area contributed by atoms with E-state index in [2.05, 4.69) is 123 Å². The predicted octanol–water partition coefficient (Wildman–Crippen LogP) is 9.66. The molecule has 2 saturated carbocycles. The van der Waals surface area contributed by atoms with Crippen LogP contribution in [-0.4, -0.2) is 104 Å². The number of ether oxygens (including phenoxy) is 2. The molecule has 16 rings (SSSR count). The van der Waals surface area contributed by atoms with Crippen LogP contribution in [0.3, 0.4) is 0 Å². The number of aromatic amines is 2. The fourth-order valence-electron chi connectivity index (χ4n) is 15.1. The standard InChI is InChI=1S/C59H62N8O7/c1-4-38-39-9-5-7-36-27-48(66(52(36)39)56(69)50(38)64-58(71)73-2)54-60-44-21-19-34(25-46(44)62-54)41-23-30-11-15-32(41)16-12-31-14-18-33(17-13-30)42(24-31)35-20-22-45-47(26-35)63-55(61-45)49-28-37-8-6-10-40-43(29-68)51(65-59(72)74-3)57(70)67(49)53(37)40/h11-26,36-40,43,48-53,68H,4-10,27-29H2,1-3H3,(H,60,62)(H,61,63)(H,64,71)(H,65,72)/b16-12-,17-13?,30-13?,31-12?,32-16?,33-17?/t36-,37-,38+,39?,40?,43+,48-,49-,50-,51-,52+,53+/m0/s1. The zero-order chi connectivity index (χ0) is 50.5. The number of carbonyl (C=O) groups excluding carboxylic acids is 4. The summed E-state index contributed by atoms with van der Waals surface area (Å²) in [7, 11) is 2.63. The monoisotopic (exact) mass is 994 g/mol. The minimum absolute atomic E-state index is 0.0162. The Balaban J connectivity index is 0.781. The first-order chi connectivity index (χ1) is 36.1. The van der Waals surface area contributed by atoms with Crippen molar-refractivity contribution in [2.75, 3.05) is 20.8 Å². The highest BCUT2D eigenvalue weighted by Gasteiger charge is 2.60. The Bertz CT molecular complexity index is 3100. The lowest BCUT2D eigenvalue weighted by Crippen LogP contribution is -2.64. The molecule has 2 aromatic heterocycles. The summed E-state index contributed by atoms with van der Waals surface area (Å²) < 4.78 is 9.89. The van der Waals surface area contributed by atoms with Crippen LogP contribution in [0, 0.1) is 35.5 Å². The number of benzene rings is 4. The Hall–Kier alpha value is -7.26. The number of rotatable bonds is 8. The highest BCUT2D eigenvalue weighted by atomic mass is 16.5. The van der Waals surface area contributed by atoms with Crippen molar-refractivity contribution in [2.45, 2.75) is 101 Å². The second-order valence-corrected chi connectivity index (χ2v) is 21.9. The maximum absolute atomic E-state index is 14.4. The molecule has 4 amide bonds. The number of imidazole rings is 2. The van der Waals surface area contributed by atoms with E-state index in [9.17, 15) is 24.3 Å². The van der Waals surface area contributed by atoms with Crippen LogP contribution < -0.4 is 10.6 Å². The van der Waals surface area contributed by atoms with Crippen molar-refractivity contribution in [1.29, 1.82) is 0 Å². The minimum Gasteiger partial charge on any atom is -0.453 e. The Morgan fingerprint density at radius 2 is 1.11 bits per heavy atom. The largest absolute Gasteiger partial charge is 0.453 e. The Labute approximate surface area is 429 Å². The van der Waals surface area contributed by atoms with Gasteiger partial charge in [0.2, 0.25) is 11.8 Å². The van der Waals surface area contributed by atoms with Crippen LogP contribution in [0.5, 0.6) is 0 Å². The summed E-state index contributed by atoms with van der Waals surface area (Å²) >= 11 is 0. The first kappa shape index (κ1) is 46.5. The fourth-order valence-corrected chi connectivity index (χ4v) is 15.1. The van der Waals surface area contributed by atoms with Gasteiger partial charge in [-0.25, -0.2) is 19.6 Å². The molecule has 15 heteroatoms. The molecule has 74 heavy (non-hydrogen) atoms. The highest BCUT2D eigenvalue weighted by molar-refractivity contribution is 5.93.